The van der Waals surface area contributed by atoms with Crippen molar-refractivity contribution in [3.05, 3.63) is 12.3 Å². The summed E-state index contributed by atoms with van der Waals surface area (Å²) in [5, 5.41) is 18.6. The zero-order chi connectivity index (χ0) is 18.5. The van der Waals surface area contributed by atoms with Gasteiger partial charge in [-0.15, -0.1) is 0 Å². The molecule has 1 aromatic rings. The van der Waals surface area contributed by atoms with Crippen molar-refractivity contribution < 1.29 is 19.5 Å². The Morgan fingerprint density at radius 3 is 2.69 bits per heavy atom. The molecule has 1 saturated carbocycles. The fraction of sp³-hybridized carbons (Fsp3) is 0.647. The van der Waals surface area contributed by atoms with Gasteiger partial charge in [0.15, 0.2) is 5.82 Å². The first-order chi connectivity index (χ1) is 12.5. The van der Waals surface area contributed by atoms with E-state index in [1.807, 2.05) is 0 Å². The minimum atomic E-state index is -0.998. The second-order valence-corrected chi connectivity index (χ2v) is 7.00. The summed E-state index contributed by atoms with van der Waals surface area (Å²) >= 11 is 0. The van der Waals surface area contributed by atoms with Crippen molar-refractivity contribution in [1.82, 2.24) is 20.0 Å². The van der Waals surface area contributed by atoms with Gasteiger partial charge in [0.05, 0.1) is 5.92 Å². The van der Waals surface area contributed by atoms with Crippen molar-refractivity contribution in [3.8, 4) is 0 Å². The number of anilines is 1. The molecule has 2 fully saturated rings. The van der Waals surface area contributed by atoms with Crippen LogP contribution in [0.1, 0.15) is 38.5 Å². The van der Waals surface area contributed by atoms with Crippen LogP contribution in [-0.4, -0.2) is 56.8 Å². The van der Waals surface area contributed by atoms with Crippen LogP contribution in [0.25, 0.3) is 0 Å². The molecule has 142 valence electrons. The van der Waals surface area contributed by atoms with Crippen LogP contribution in [0, 0.1) is 5.92 Å². The van der Waals surface area contributed by atoms with Gasteiger partial charge in [0.2, 0.25) is 5.91 Å². The number of aromatic nitrogens is 2. The number of likely N-dealkylation sites (tertiary alicyclic amines) is 1. The van der Waals surface area contributed by atoms with Gasteiger partial charge in [0, 0.05) is 31.4 Å². The summed E-state index contributed by atoms with van der Waals surface area (Å²) in [6, 6.07) is 1.74. The number of hydrogen-bond acceptors (Lipinski definition) is 4. The molecule has 0 radical (unpaired) electrons. The quantitative estimate of drug-likeness (QED) is 0.728. The van der Waals surface area contributed by atoms with Gasteiger partial charge in [-0.25, -0.2) is 4.79 Å². The zero-order valence-electron chi connectivity index (χ0n) is 14.7. The molecule has 1 aromatic heterocycles. The van der Waals surface area contributed by atoms with E-state index in [9.17, 15) is 14.4 Å². The molecule has 0 spiro atoms. The van der Waals surface area contributed by atoms with Gasteiger partial charge in [-0.1, -0.05) is 12.8 Å². The molecule has 9 nitrogen and oxygen atoms in total. The molecule has 1 unspecified atom stereocenters. The average molecular weight is 363 g/mol. The number of carbonyl (C=O) groups is 3. The third-order valence-corrected chi connectivity index (χ3v) is 4.95. The molecule has 9 heteroatoms. The number of aliphatic carboxylic acids is 1. The van der Waals surface area contributed by atoms with Crippen LogP contribution >= 0.6 is 0 Å². The third kappa shape index (κ3) is 4.74. The number of nitrogens with one attached hydrogen (secondary N) is 2. The number of carboxylic acids is 1. The highest BCUT2D eigenvalue weighted by Crippen LogP contribution is 2.21. The van der Waals surface area contributed by atoms with E-state index in [0.717, 1.165) is 38.5 Å². The highest BCUT2D eigenvalue weighted by molar-refractivity contribution is 5.92. The maximum atomic E-state index is 12.5. The van der Waals surface area contributed by atoms with Crippen LogP contribution in [0.5, 0.6) is 0 Å². The number of piperidine rings is 1. The number of nitrogens with zero attached hydrogens (tertiary/aromatic N) is 3. The molecular formula is C17H25N5O4. The Hall–Kier alpha value is -2.58. The van der Waals surface area contributed by atoms with Crippen molar-refractivity contribution in [2.45, 2.75) is 51.1 Å². The summed E-state index contributed by atoms with van der Waals surface area (Å²) in [6.07, 6.45) is 7.38. The summed E-state index contributed by atoms with van der Waals surface area (Å²) in [5.41, 5.74) is 0. The number of urea groups is 1. The molecule has 1 aliphatic carbocycles. The lowest BCUT2D eigenvalue weighted by Crippen LogP contribution is -2.49. The van der Waals surface area contributed by atoms with Gasteiger partial charge < -0.3 is 20.6 Å². The lowest BCUT2D eigenvalue weighted by Gasteiger charge is -2.32. The fourth-order valence-electron chi connectivity index (χ4n) is 3.59. The highest BCUT2D eigenvalue weighted by atomic mass is 16.4. The maximum absolute atomic E-state index is 12.5. The van der Waals surface area contributed by atoms with Crippen molar-refractivity contribution in [2.75, 3.05) is 18.4 Å². The third-order valence-electron chi connectivity index (χ3n) is 4.95. The van der Waals surface area contributed by atoms with E-state index in [1.165, 1.54) is 10.9 Å². The number of carbonyl (C=O) groups excluding carboxylic acids is 2. The molecule has 1 saturated heterocycles. The van der Waals surface area contributed by atoms with Crippen molar-refractivity contribution >= 4 is 23.7 Å². The topological polar surface area (TPSA) is 117 Å². The van der Waals surface area contributed by atoms with Crippen molar-refractivity contribution in [3.63, 3.8) is 0 Å². The molecule has 1 atom stereocenters. The van der Waals surface area contributed by atoms with Gasteiger partial charge in [0.25, 0.3) is 0 Å². The van der Waals surface area contributed by atoms with Crippen LogP contribution in [0.2, 0.25) is 0 Å². The first-order valence-corrected chi connectivity index (χ1v) is 9.13. The Morgan fingerprint density at radius 2 is 1.96 bits per heavy atom. The molecule has 2 heterocycles. The molecule has 3 N–H and O–H groups in total. The summed E-state index contributed by atoms with van der Waals surface area (Å²) < 4.78 is 1.25. The Kier molecular flexibility index (Phi) is 5.75. The van der Waals surface area contributed by atoms with Gasteiger partial charge in [-0.2, -0.15) is 5.10 Å². The van der Waals surface area contributed by atoms with E-state index in [1.54, 1.807) is 11.0 Å². The fourth-order valence-corrected chi connectivity index (χ4v) is 3.59. The standard InChI is InChI=1S/C17H25N5O4/c23-15(24)11-22-9-7-14(20-22)19-16(25)12-4-3-8-21(10-12)17(26)18-13-5-1-2-6-13/h7,9,12-13H,1-6,8,10-11H2,(H,18,26)(H,23,24)(H,19,20,25). The predicted octanol–water partition coefficient (Wildman–Crippen LogP) is 1.27. The van der Waals surface area contributed by atoms with Crippen LogP contribution in [0.4, 0.5) is 10.6 Å². The summed E-state index contributed by atoms with van der Waals surface area (Å²) in [4.78, 5) is 37.3. The lowest BCUT2D eigenvalue weighted by atomic mass is 9.97. The van der Waals surface area contributed by atoms with Gasteiger partial charge in [0.1, 0.15) is 6.54 Å². The maximum Gasteiger partial charge on any atom is 0.325 e. The molecule has 0 bridgehead atoms. The Balaban J connectivity index is 1.51. The van der Waals surface area contributed by atoms with Crippen LogP contribution in [-0.2, 0) is 16.1 Å². The van der Waals surface area contributed by atoms with Gasteiger partial charge in [-0.05, 0) is 25.7 Å². The first-order valence-electron chi connectivity index (χ1n) is 9.13. The molecule has 2 aliphatic rings. The van der Waals surface area contributed by atoms with Crippen molar-refractivity contribution in [2.24, 2.45) is 5.92 Å². The smallest absolute Gasteiger partial charge is 0.325 e. The number of amides is 3. The minimum absolute atomic E-state index is 0.0832. The Bertz CT molecular complexity index is 668. The Labute approximate surface area is 151 Å². The zero-order valence-corrected chi connectivity index (χ0v) is 14.7. The minimum Gasteiger partial charge on any atom is -0.480 e. The number of hydrogen-bond donors (Lipinski definition) is 3. The normalized spacial score (nSPS) is 20.8. The lowest BCUT2D eigenvalue weighted by molar-refractivity contribution is -0.137. The summed E-state index contributed by atoms with van der Waals surface area (Å²) in [7, 11) is 0. The van der Waals surface area contributed by atoms with Crippen LogP contribution < -0.4 is 10.6 Å². The monoisotopic (exact) mass is 363 g/mol. The number of rotatable bonds is 5. The summed E-state index contributed by atoms with van der Waals surface area (Å²) in [5.74, 6) is -1.16. The van der Waals surface area contributed by atoms with E-state index >= 15 is 0 Å². The van der Waals surface area contributed by atoms with E-state index in [-0.39, 0.29) is 30.4 Å². The second-order valence-electron chi connectivity index (χ2n) is 7.00. The molecule has 3 amide bonds. The predicted molar refractivity (Wildman–Crippen MR) is 93.6 cm³/mol. The SMILES string of the molecule is O=C(O)Cn1ccc(NC(=O)C2CCCN(C(=O)NC3CCCC3)C2)n1. The molecular weight excluding hydrogens is 338 g/mol. The molecule has 26 heavy (non-hydrogen) atoms. The average Bonchev–Trinajstić information content (AvgIpc) is 3.26. The largest absolute Gasteiger partial charge is 0.480 e. The molecule has 1 aliphatic heterocycles. The van der Waals surface area contributed by atoms with E-state index in [0.29, 0.717) is 18.9 Å². The second kappa shape index (κ2) is 8.20. The van der Waals surface area contributed by atoms with E-state index < -0.39 is 5.97 Å². The molecule has 0 aromatic carbocycles. The van der Waals surface area contributed by atoms with E-state index in [4.69, 9.17) is 5.11 Å². The number of carboxylic acid groups (broad SMARTS) is 1. The van der Waals surface area contributed by atoms with Crippen molar-refractivity contribution in [1.29, 1.82) is 0 Å². The van der Waals surface area contributed by atoms with Gasteiger partial charge >= 0.3 is 12.0 Å². The van der Waals surface area contributed by atoms with E-state index in [2.05, 4.69) is 15.7 Å². The molecule has 3 rings (SSSR count). The van der Waals surface area contributed by atoms with Crippen LogP contribution in [0.15, 0.2) is 12.3 Å². The first kappa shape index (κ1) is 18.2. The van der Waals surface area contributed by atoms with Gasteiger partial charge in [-0.3, -0.25) is 14.3 Å². The van der Waals surface area contributed by atoms with Crippen LogP contribution in [0.3, 0.4) is 0 Å². The summed E-state index contributed by atoms with van der Waals surface area (Å²) in [6.45, 7) is 0.796. The highest BCUT2D eigenvalue weighted by Gasteiger charge is 2.30. The Morgan fingerprint density at radius 1 is 1.19 bits per heavy atom.